The van der Waals surface area contributed by atoms with Gasteiger partial charge in [0.15, 0.2) is 0 Å². The van der Waals surface area contributed by atoms with Gasteiger partial charge in [-0.05, 0) is 30.2 Å². The summed E-state index contributed by atoms with van der Waals surface area (Å²) in [5.41, 5.74) is 7.82. The van der Waals surface area contributed by atoms with Gasteiger partial charge in [-0.15, -0.1) is 0 Å². The Morgan fingerprint density at radius 1 is 1.11 bits per heavy atom. The maximum atomic E-state index is 14.0. The third-order valence-electron chi connectivity index (χ3n) is 2.86. The van der Waals surface area contributed by atoms with E-state index in [2.05, 4.69) is 0 Å². The van der Waals surface area contributed by atoms with Gasteiger partial charge in [-0.3, -0.25) is 0 Å². The highest BCUT2D eigenvalue weighted by Crippen LogP contribution is 2.29. The van der Waals surface area contributed by atoms with Gasteiger partial charge in [-0.2, -0.15) is 0 Å². The van der Waals surface area contributed by atoms with Crippen molar-refractivity contribution in [3.8, 4) is 0 Å². The maximum Gasteiger partial charge on any atom is 0.131 e. The monoisotopic (exact) mass is 283 g/mol. The summed E-state index contributed by atoms with van der Waals surface area (Å²) in [6.45, 7) is 1.71. The lowest BCUT2D eigenvalue weighted by Gasteiger charge is -2.15. The molecule has 0 aliphatic carbocycles. The van der Waals surface area contributed by atoms with Gasteiger partial charge < -0.3 is 5.73 Å². The highest BCUT2D eigenvalue weighted by molar-refractivity contribution is 6.42. The third-order valence-corrected chi connectivity index (χ3v) is 3.60. The van der Waals surface area contributed by atoms with Crippen molar-refractivity contribution < 1.29 is 4.39 Å². The predicted octanol–water partition coefficient (Wildman–Crippen LogP) is 4.49. The Kier molecular flexibility index (Phi) is 3.91. The van der Waals surface area contributed by atoms with Crippen molar-refractivity contribution in [1.82, 2.24) is 0 Å². The van der Waals surface area contributed by atoms with E-state index in [0.29, 0.717) is 21.2 Å². The van der Waals surface area contributed by atoms with E-state index < -0.39 is 6.04 Å². The largest absolute Gasteiger partial charge is 0.320 e. The molecule has 0 aromatic heterocycles. The molecule has 0 radical (unpaired) electrons. The summed E-state index contributed by atoms with van der Waals surface area (Å²) in [6, 6.07) is 9.69. The number of hydrogen-bond donors (Lipinski definition) is 1. The molecule has 0 fully saturated rings. The summed E-state index contributed by atoms with van der Waals surface area (Å²) in [5.74, 6) is -0.281. The van der Waals surface area contributed by atoms with Crippen molar-refractivity contribution in [2.75, 3.05) is 0 Å². The minimum Gasteiger partial charge on any atom is -0.320 e. The lowest BCUT2D eigenvalue weighted by Crippen LogP contribution is -2.14. The van der Waals surface area contributed by atoms with Gasteiger partial charge in [0.1, 0.15) is 5.82 Å². The fourth-order valence-electron chi connectivity index (χ4n) is 1.80. The molecule has 2 N–H and O–H groups in total. The van der Waals surface area contributed by atoms with Gasteiger partial charge >= 0.3 is 0 Å². The average Bonchev–Trinajstić information content (AvgIpc) is 2.35. The summed E-state index contributed by atoms with van der Waals surface area (Å²) in [6.07, 6.45) is 0. The van der Waals surface area contributed by atoms with Crippen LogP contribution in [0.15, 0.2) is 36.4 Å². The minimum absolute atomic E-state index is 0.281. The van der Waals surface area contributed by atoms with Gasteiger partial charge in [0.25, 0.3) is 0 Å². The third kappa shape index (κ3) is 2.51. The fraction of sp³-hybridized carbons (Fsp3) is 0.143. The molecule has 0 saturated heterocycles. The van der Waals surface area contributed by atoms with Crippen molar-refractivity contribution in [3.05, 3.63) is 69.0 Å². The quantitative estimate of drug-likeness (QED) is 0.864. The number of nitrogens with two attached hydrogens (primary N) is 1. The van der Waals surface area contributed by atoms with E-state index >= 15 is 0 Å². The number of aryl methyl sites for hydroxylation is 1. The normalized spacial score (nSPS) is 12.5. The number of halogens is 3. The van der Waals surface area contributed by atoms with E-state index in [0.717, 1.165) is 5.56 Å². The summed E-state index contributed by atoms with van der Waals surface area (Å²) < 4.78 is 14.0. The first-order valence-electron chi connectivity index (χ1n) is 5.46. The first-order valence-corrected chi connectivity index (χ1v) is 6.22. The molecular weight excluding hydrogens is 272 g/mol. The molecule has 0 amide bonds. The van der Waals surface area contributed by atoms with E-state index in [1.165, 1.54) is 0 Å². The molecule has 4 heteroatoms. The van der Waals surface area contributed by atoms with Crippen molar-refractivity contribution in [1.29, 1.82) is 0 Å². The Labute approximate surface area is 115 Å². The van der Waals surface area contributed by atoms with Crippen LogP contribution in [0.25, 0.3) is 0 Å². The molecule has 0 saturated carbocycles. The van der Waals surface area contributed by atoms with Gasteiger partial charge in [0, 0.05) is 5.56 Å². The summed E-state index contributed by atoms with van der Waals surface area (Å²) in [4.78, 5) is 0. The summed E-state index contributed by atoms with van der Waals surface area (Å²) >= 11 is 11.8. The number of benzene rings is 2. The summed E-state index contributed by atoms with van der Waals surface area (Å²) in [7, 11) is 0. The summed E-state index contributed by atoms with van der Waals surface area (Å²) in [5, 5.41) is 0.870. The van der Waals surface area contributed by atoms with Crippen LogP contribution in [0.4, 0.5) is 4.39 Å². The highest BCUT2D eigenvalue weighted by Gasteiger charge is 2.15. The average molecular weight is 284 g/mol. The zero-order valence-electron chi connectivity index (χ0n) is 9.75. The van der Waals surface area contributed by atoms with Crippen molar-refractivity contribution in [2.45, 2.75) is 13.0 Å². The second kappa shape index (κ2) is 5.27. The SMILES string of the molecule is Cc1cccc(C(N)c2ccc(Cl)c(Cl)c2)c1F. The maximum absolute atomic E-state index is 14.0. The van der Waals surface area contributed by atoms with Crippen LogP contribution in [0.5, 0.6) is 0 Å². The van der Waals surface area contributed by atoms with Gasteiger partial charge in [-0.1, -0.05) is 47.5 Å². The first kappa shape index (κ1) is 13.3. The molecule has 1 unspecified atom stereocenters. The molecule has 2 rings (SSSR count). The fourth-order valence-corrected chi connectivity index (χ4v) is 2.10. The van der Waals surface area contributed by atoms with E-state index in [1.807, 2.05) is 0 Å². The molecule has 1 nitrogen and oxygen atoms in total. The smallest absolute Gasteiger partial charge is 0.131 e. The second-order valence-electron chi connectivity index (χ2n) is 4.13. The van der Waals surface area contributed by atoms with Crippen LogP contribution in [-0.2, 0) is 0 Å². The molecular formula is C14H12Cl2FN. The van der Waals surface area contributed by atoms with Crippen LogP contribution in [0.1, 0.15) is 22.7 Å². The van der Waals surface area contributed by atoms with Gasteiger partial charge in [0.2, 0.25) is 0 Å². The zero-order chi connectivity index (χ0) is 13.3. The zero-order valence-corrected chi connectivity index (χ0v) is 11.3. The van der Waals surface area contributed by atoms with Crippen LogP contribution in [0.3, 0.4) is 0 Å². The lowest BCUT2D eigenvalue weighted by atomic mass is 9.97. The molecule has 2 aromatic rings. The molecule has 18 heavy (non-hydrogen) atoms. The van der Waals surface area contributed by atoms with Crippen LogP contribution in [-0.4, -0.2) is 0 Å². The highest BCUT2D eigenvalue weighted by atomic mass is 35.5. The van der Waals surface area contributed by atoms with Gasteiger partial charge in [-0.25, -0.2) is 4.39 Å². The van der Waals surface area contributed by atoms with Crippen molar-refractivity contribution in [2.24, 2.45) is 5.73 Å². The second-order valence-corrected chi connectivity index (χ2v) is 4.94. The topological polar surface area (TPSA) is 26.0 Å². The van der Waals surface area contributed by atoms with E-state index in [1.54, 1.807) is 43.3 Å². The van der Waals surface area contributed by atoms with E-state index in [4.69, 9.17) is 28.9 Å². The molecule has 2 aromatic carbocycles. The van der Waals surface area contributed by atoms with Gasteiger partial charge in [0.05, 0.1) is 16.1 Å². The first-order chi connectivity index (χ1) is 8.50. The Bertz CT molecular complexity index is 584. The van der Waals surface area contributed by atoms with Crippen molar-refractivity contribution >= 4 is 23.2 Å². The molecule has 0 aliphatic rings. The van der Waals surface area contributed by atoms with Crippen molar-refractivity contribution in [3.63, 3.8) is 0 Å². The molecule has 1 atom stereocenters. The van der Waals surface area contributed by atoms with Crippen LogP contribution in [0.2, 0.25) is 10.0 Å². The lowest BCUT2D eigenvalue weighted by molar-refractivity contribution is 0.591. The Morgan fingerprint density at radius 3 is 2.50 bits per heavy atom. The Balaban J connectivity index is 2.44. The number of rotatable bonds is 2. The molecule has 0 spiro atoms. The molecule has 0 bridgehead atoms. The standard InChI is InChI=1S/C14H12Cl2FN/c1-8-3-2-4-10(13(8)17)14(18)9-5-6-11(15)12(16)7-9/h2-7,14H,18H2,1H3. The Hall–Kier alpha value is -1.09. The number of hydrogen-bond acceptors (Lipinski definition) is 1. The van der Waals surface area contributed by atoms with Crippen LogP contribution in [0, 0.1) is 12.7 Å². The Morgan fingerprint density at radius 2 is 1.83 bits per heavy atom. The molecule has 94 valence electrons. The van der Waals surface area contributed by atoms with E-state index in [-0.39, 0.29) is 5.82 Å². The molecule has 0 heterocycles. The molecule has 0 aliphatic heterocycles. The minimum atomic E-state index is -0.556. The van der Waals surface area contributed by atoms with Crippen LogP contribution < -0.4 is 5.73 Å². The van der Waals surface area contributed by atoms with Crippen LogP contribution >= 0.6 is 23.2 Å². The van der Waals surface area contributed by atoms with E-state index in [9.17, 15) is 4.39 Å². The predicted molar refractivity (Wildman–Crippen MR) is 73.6 cm³/mol.